The predicted molar refractivity (Wildman–Crippen MR) is 73.1 cm³/mol. The van der Waals surface area contributed by atoms with E-state index in [-0.39, 0.29) is 5.69 Å². The van der Waals surface area contributed by atoms with Crippen LogP contribution in [-0.2, 0) is 20.8 Å². The fraction of sp³-hybridized carbons (Fsp3) is 0.500. The molecule has 0 N–H and O–H groups in total. The molecule has 0 aromatic heterocycles. The first kappa shape index (κ1) is 16.0. The van der Waals surface area contributed by atoms with Crippen LogP contribution in [0, 0.1) is 10.1 Å². The number of nitro benzene ring substituents is 1. The second-order valence-electron chi connectivity index (χ2n) is 3.67. The highest BCUT2D eigenvalue weighted by Gasteiger charge is 2.14. The second-order valence-corrected chi connectivity index (χ2v) is 4.46. The van der Waals surface area contributed by atoms with Crippen LogP contribution in [0.3, 0.4) is 0 Å². The van der Waals surface area contributed by atoms with Gasteiger partial charge in [-0.2, -0.15) is 0 Å². The van der Waals surface area contributed by atoms with Gasteiger partial charge in [0.2, 0.25) is 0 Å². The predicted octanol–water partition coefficient (Wildman–Crippen LogP) is 2.54. The lowest BCUT2D eigenvalue weighted by atomic mass is 10.2. The number of methoxy groups -OCH3 is 1. The summed E-state index contributed by atoms with van der Waals surface area (Å²) in [4.78, 5) is 10.3. The van der Waals surface area contributed by atoms with Crippen LogP contribution in [0.15, 0.2) is 22.7 Å². The van der Waals surface area contributed by atoms with Gasteiger partial charge in [0, 0.05) is 13.2 Å². The summed E-state index contributed by atoms with van der Waals surface area (Å²) in [7, 11) is 1.61. The third kappa shape index (κ3) is 5.65. The number of hydrogen-bond acceptors (Lipinski definition) is 5. The van der Waals surface area contributed by atoms with Crippen molar-refractivity contribution < 1.29 is 19.1 Å². The molecule has 0 saturated carbocycles. The van der Waals surface area contributed by atoms with Crippen LogP contribution in [0.5, 0.6) is 0 Å². The number of hydrogen-bond donors (Lipinski definition) is 0. The zero-order valence-corrected chi connectivity index (χ0v) is 12.2. The number of rotatable bonds is 9. The molecule has 0 fully saturated rings. The molecule has 0 saturated heterocycles. The molecular weight excluding hydrogens is 318 g/mol. The Morgan fingerprint density at radius 3 is 2.58 bits per heavy atom. The van der Waals surface area contributed by atoms with E-state index < -0.39 is 4.92 Å². The summed E-state index contributed by atoms with van der Waals surface area (Å²) in [6, 6.07) is 4.86. The largest absolute Gasteiger partial charge is 0.382 e. The summed E-state index contributed by atoms with van der Waals surface area (Å²) in [5.41, 5.74) is 0.781. The van der Waals surface area contributed by atoms with Gasteiger partial charge >= 0.3 is 0 Å². The third-order valence-electron chi connectivity index (χ3n) is 2.32. The lowest BCUT2D eigenvalue weighted by molar-refractivity contribution is -0.385. The van der Waals surface area contributed by atoms with Crippen LogP contribution in [-0.4, -0.2) is 38.5 Å². The first-order chi connectivity index (χ1) is 9.16. The average Bonchev–Trinajstić information content (AvgIpc) is 2.39. The van der Waals surface area contributed by atoms with E-state index in [0.29, 0.717) is 37.5 Å². The van der Waals surface area contributed by atoms with Crippen molar-refractivity contribution in [3.63, 3.8) is 0 Å². The summed E-state index contributed by atoms with van der Waals surface area (Å²) in [6.07, 6.45) is 0. The highest BCUT2D eigenvalue weighted by molar-refractivity contribution is 9.10. The molecule has 0 bridgehead atoms. The zero-order valence-electron chi connectivity index (χ0n) is 10.6. The molecule has 0 aliphatic rings. The van der Waals surface area contributed by atoms with Gasteiger partial charge in [-0.05, 0) is 21.5 Å². The average molecular weight is 334 g/mol. The number of nitro groups is 1. The highest BCUT2D eigenvalue weighted by Crippen LogP contribution is 2.28. The SMILES string of the molecule is COCCOCCOCc1cccc([N+](=O)[O-])c1Br. The van der Waals surface area contributed by atoms with Crippen LogP contribution in [0.4, 0.5) is 5.69 Å². The molecule has 19 heavy (non-hydrogen) atoms. The molecule has 0 radical (unpaired) electrons. The van der Waals surface area contributed by atoms with Crippen LogP contribution >= 0.6 is 15.9 Å². The van der Waals surface area contributed by atoms with E-state index in [2.05, 4.69) is 15.9 Å². The van der Waals surface area contributed by atoms with Crippen LogP contribution < -0.4 is 0 Å². The second kappa shape index (κ2) is 8.98. The molecule has 6 nitrogen and oxygen atoms in total. The van der Waals surface area contributed by atoms with Gasteiger partial charge in [0.25, 0.3) is 5.69 Å². The maximum Gasteiger partial charge on any atom is 0.283 e. The van der Waals surface area contributed by atoms with Gasteiger partial charge in [0.15, 0.2) is 0 Å². The van der Waals surface area contributed by atoms with Crippen LogP contribution in [0.1, 0.15) is 5.56 Å². The maximum atomic E-state index is 10.8. The summed E-state index contributed by atoms with van der Waals surface area (Å²) in [5.74, 6) is 0. The molecule has 7 heteroatoms. The van der Waals surface area contributed by atoms with Gasteiger partial charge in [-0.25, -0.2) is 0 Å². The smallest absolute Gasteiger partial charge is 0.283 e. The summed E-state index contributed by atoms with van der Waals surface area (Å²) < 4.78 is 15.9. The Morgan fingerprint density at radius 2 is 1.89 bits per heavy atom. The molecule has 0 heterocycles. The Bertz CT molecular complexity index is 413. The fourth-order valence-corrected chi connectivity index (χ4v) is 1.89. The first-order valence-electron chi connectivity index (χ1n) is 5.73. The molecule has 1 aromatic rings. The lowest BCUT2D eigenvalue weighted by Gasteiger charge is -2.07. The number of benzene rings is 1. The van der Waals surface area contributed by atoms with Crippen LogP contribution in [0.25, 0.3) is 0 Å². The summed E-state index contributed by atoms with van der Waals surface area (Å²) in [6.45, 7) is 2.28. The highest BCUT2D eigenvalue weighted by atomic mass is 79.9. The van der Waals surface area contributed by atoms with Gasteiger partial charge in [0.1, 0.15) is 4.47 Å². The van der Waals surface area contributed by atoms with Gasteiger partial charge in [0.05, 0.1) is 38.0 Å². The first-order valence-corrected chi connectivity index (χ1v) is 6.52. The van der Waals surface area contributed by atoms with E-state index in [4.69, 9.17) is 14.2 Å². The van der Waals surface area contributed by atoms with Gasteiger partial charge in [-0.15, -0.1) is 0 Å². The molecule has 0 aliphatic carbocycles. The van der Waals surface area contributed by atoms with Crippen LogP contribution in [0.2, 0.25) is 0 Å². The molecule has 0 spiro atoms. The van der Waals surface area contributed by atoms with Crippen molar-refractivity contribution in [3.8, 4) is 0 Å². The summed E-state index contributed by atoms with van der Waals surface area (Å²) >= 11 is 3.22. The van der Waals surface area contributed by atoms with Crippen molar-refractivity contribution >= 4 is 21.6 Å². The molecular formula is C12H16BrNO5. The fourth-order valence-electron chi connectivity index (χ4n) is 1.36. The molecule has 106 valence electrons. The zero-order chi connectivity index (χ0) is 14.1. The van der Waals surface area contributed by atoms with Crippen molar-refractivity contribution in [1.82, 2.24) is 0 Å². The maximum absolute atomic E-state index is 10.8. The Morgan fingerprint density at radius 1 is 1.21 bits per heavy atom. The van der Waals surface area contributed by atoms with Gasteiger partial charge in [-0.1, -0.05) is 12.1 Å². The monoisotopic (exact) mass is 333 g/mol. The molecule has 0 amide bonds. The van der Waals surface area contributed by atoms with Gasteiger partial charge in [-0.3, -0.25) is 10.1 Å². The minimum Gasteiger partial charge on any atom is -0.382 e. The molecule has 0 aliphatic heterocycles. The molecule has 0 atom stereocenters. The number of nitrogens with zero attached hydrogens (tertiary/aromatic N) is 1. The van der Waals surface area contributed by atoms with Crippen molar-refractivity contribution in [2.24, 2.45) is 0 Å². The quantitative estimate of drug-likeness (QED) is 0.394. The van der Waals surface area contributed by atoms with E-state index in [9.17, 15) is 10.1 Å². The number of halogens is 1. The third-order valence-corrected chi connectivity index (χ3v) is 3.23. The molecule has 0 unspecified atom stereocenters. The van der Waals surface area contributed by atoms with E-state index in [1.807, 2.05) is 0 Å². The van der Waals surface area contributed by atoms with Crippen molar-refractivity contribution in [2.75, 3.05) is 33.5 Å². The lowest BCUT2D eigenvalue weighted by Crippen LogP contribution is -2.08. The van der Waals surface area contributed by atoms with E-state index in [0.717, 1.165) is 5.56 Å². The Balaban J connectivity index is 2.33. The Kier molecular flexibility index (Phi) is 7.57. The van der Waals surface area contributed by atoms with E-state index in [1.165, 1.54) is 6.07 Å². The Hall–Kier alpha value is -1.02. The molecule has 1 aromatic carbocycles. The number of ether oxygens (including phenoxy) is 3. The van der Waals surface area contributed by atoms with Crippen molar-refractivity contribution in [2.45, 2.75) is 6.61 Å². The topological polar surface area (TPSA) is 70.8 Å². The van der Waals surface area contributed by atoms with Crippen molar-refractivity contribution in [3.05, 3.63) is 38.3 Å². The minimum absolute atomic E-state index is 0.0393. The van der Waals surface area contributed by atoms with E-state index in [1.54, 1.807) is 19.2 Å². The molecule has 1 rings (SSSR count). The normalized spacial score (nSPS) is 10.6. The summed E-state index contributed by atoms with van der Waals surface area (Å²) in [5, 5.41) is 10.8. The van der Waals surface area contributed by atoms with Crippen molar-refractivity contribution in [1.29, 1.82) is 0 Å². The standard InChI is InChI=1S/C12H16BrNO5/c1-17-5-6-18-7-8-19-9-10-3-2-4-11(12(10)13)14(15)16/h2-4H,5-9H2,1H3. The Labute approximate surface area is 119 Å². The van der Waals surface area contributed by atoms with Gasteiger partial charge < -0.3 is 14.2 Å². The van der Waals surface area contributed by atoms with E-state index >= 15 is 0 Å². The minimum atomic E-state index is -0.429.